The van der Waals surface area contributed by atoms with Crippen LogP contribution in [0.15, 0.2) is 28.7 Å². The number of ether oxygens (including phenoxy) is 1. The fraction of sp³-hybridized carbons (Fsp3) is 0.333. The zero-order valence-electron chi connectivity index (χ0n) is 12.1. The number of nitrogens with zero attached hydrogens (tertiary/aromatic N) is 2. The monoisotopic (exact) mass is 335 g/mol. The van der Waals surface area contributed by atoms with E-state index in [2.05, 4.69) is 46.7 Å². The molecule has 4 nitrogen and oxygen atoms in total. The average molecular weight is 336 g/mol. The zero-order valence-corrected chi connectivity index (χ0v) is 13.7. The van der Waals surface area contributed by atoms with Crippen molar-refractivity contribution < 1.29 is 4.74 Å². The number of anilines is 1. The molecule has 5 heteroatoms. The summed E-state index contributed by atoms with van der Waals surface area (Å²) in [5, 5.41) is 0. The largest absolute Gasteiger partial charge is 0.496 e. The van der Waals surface area contributed by atoms with Crippen LogP contribution in [0.3, 0.4) is 0 Å². The molecule has 0 saturated carbocycles. The maximum atomic E-state index is 5.90. The molecule has 0 saturated heterocycles. The number of nitrogen functional groups attached to an aromatic ring is 1. The van der Waals surface area contributed by atoms with E-state index in [1.807, 2.05) is 24.3 Å². The van der Waals surface area contributed by atoms with Crippen LogP contribution in [0, 0.1) is 0 Å². The van der Waals surface area contributed by atoms with Gasteiger partial charge in [-0.25, -0.2) is 9.97 Å². The van der Waals surface area contributed by atoms with Crippen molar-refractivity contribution >= 4 is 21.7 Å². The summed E-state index contributed by atoms with van der Waals surface area (Å²) in [6.45, 7) is 6.30. The summed E-state index contributed by atoms with van der Waals surface area (Å²) in [7, 11) is 1.63. The first-order valence-corrected chi connectivity index (χ1v) is 7.09. The SMILES string of the molecule is COc1ccc(-c2nc(N)cc(C(C)(C)C)n2)cc1Br. The van der Waals surface area contributed by atoms with Gasteiger partial charge in [0.15, 0.2) is 5.82 Å². The Morgan fingerprint density at radius 1 is 1.15 bits per heavy atom. The minimum Gasteiger partial charge on any atom is -0.496 e. The highest BCUT2D eigenvalue weighted by atomic mass is 79.9. The molecule has 1 heterocycles. The first-order valence-electron chi connectivity index (χ1n) is 6.30. The van der Waals surface area contributed by atoms with E-state index in [0.717, 1.165) is 21.5 Å². The maximum Gasteiger partial charge on any atom is 0.161 e. The van der Waals surface area contributed by atoms with Crippen molar-refractivity contribution in [1.82, 2.24) is 9.97 Å². The van der Waals surface area contributed by atoms with Gasteiger partial charge in [-0.15, -0.1) is 0 Å². The molecule has 0 atom stereocenters. The second kappa shape index (κ2) is 5.40. The summed E-state index contributed by atoms with van der Waals surface area (Å²) in [5.41, 5.74) is 7.65. The van der Waals surface area contributed by atoms with Crippen LogP contribution < -0.4 is 10.5 Å². The van der Waals surface area contributed by atoms with E-state index < -0.39 is 0 Å². The molecule has 0 spiro atoms. The van der Waals surface area contributed by atoms with E-state index in [9.17, 15) is 0 Å². The van der Waals surface area contributed by atoms with Crippen LogP contribution in [0.25, 0.3) is 11.4 Å². The number of methoxy groups -OCH3 is 1. The van der Waals surface area contributed by atoms with Crippen molar-refractivity contribution in [3.8, 4) is 17.1 Å². The van der Waals surface area contributed by atoms with Crippen LogP contribution in [0.1, 0.15) is 26.5 Å². The second-order valence-electron chi connectivity index (χ2n) is 5.60. The van der Waals surface area contributed by atoms with Crippen molar-refractivity contribution in [2.45, 2.75) is 26.2 Å². The van der Waals surface area contributed by atoms with Gasteiger partial charge < -0.3 is 10.5 Å². The minimum absolute atomic E-state index is 0.0739. The average Bonchev–Trinajstić information content (AvgIpc) is 2.37. The summed E-state index contributed by atoms with van der Waals surface area (Å²) in [6.07, 6.45) is 0. The number of rotatable bonds is 2. The third kappa shape index (κ3) is 3.10. The molecule has 0 bridgehead atoms. The van der Waals surface area contributed by atoms with Crippen molar-refractivity contribution in [3.63, 3.8) is 0 Å². The normalized spacial score (nSPS) is 11.4. The molecule has 0 amide bonds. The molecule has 2 N–H and O–H groups in total. The third-order valence-corrected chi connectivity index (χ3v) is 3.54. The van der Waals surface area contributed by atoms with Gasteiger partial charge in [0.05, 0.1) is 17.3 Å². The van der Waals surface area contributed by atoms with Crippen molar-refractivity contribution in [3.05, 3.63) is 34.4 Å². The fourth-order valence-corrected chi connectivity index (χ4v) is 2.33. The van der Waals surface area contributed by atoms with Crippen LogP contribution >= 0.6 is 15.9 Å². The molecule has 0 aliphatic heterocycles. The summed E-state index contributed by atoms with van der Waals surface area (Å²) >= 11 is 3.47. The highest BCUT2D eigenvalue weighted by molar-refractivity contribution is 9.10. The number of halogens is 1. The summed E-state index contributed by atoms with van der Waals surface area (Å²) in [5.74, 6) is 1.87. The Balaban J connectivity index is 2.53. The van der Waals surface area contributed by atoms with Crippen molar-refractivity contribution in [2.24, 2.45) is 0 Å². The lowest BCUT2D eigenvalue weighted by Crippen LogP contribution is -2.15. The van der Waals surface area contributed by atoms with Crippen LogP contribution in [-0.4, -0.2) is 17.1 Å². The highest BCUT2D eigenvalue weighted by Gasteiger charge is 2.18. The van der Waals surface area contributed by atoms with Crippen LogP contribution in [0.4, 0.5) is 5.82 Å². The van der Waals surface area contributed by atoms with E-state index in [1.54, 1.807) is 7.11 Å². The number of nitrogens with two attached hydrogens (primary N) is 1. The van der Waals surface area contributed by atoms with E-state index in [4.69, 9.17) is 10.5 Å². The molecule has 0 aliphatic carbocycles. The van der Waals surface area contributed by atoms with E-state index in [0.29, 0.717) is 11.6 Å². The summed E-state index contributed by atoms with van der Waals surface area (Å²) in [4.78, 5) is 8.94. The lowest BCUT2D eigenvalue weighted by molar-refractivity contribution is 0.412. The molecule has 0 aliphatic rings. The standard InChI is InChI=1S/C15H18BrN3O/c1-15(2,3)12-8-13(17)19-14(18-12)9-5-6-11(20-4)10(16)7-9/h5-8H,1-4H3,(H2,17,18,19). The molecule has 1 aromatic carbocycles. The van der Waals surface area contributed by atoms with E-state index >= 15 is 0 Å². The van der Waals surface area contributed by atoms with Gasteiger partial charge in [0, 0.05) is 17.0 Å². The third-order valence-electron chi connectivity index (χ3n) is 2.92. The molecule has 0 unspecified atom stereocenters. The predicted octanol–water partition coefficient (Wildman–Crippen LogP) is 3.79. The lowest BCUT2D eigenvalue weighted by Gasteiger charge is -2.18. The van der Waals surface area contributed by atoms with Crippen LogP contribution in [0.2, 0.25) is 0 Å². The first kappa shape index (κ1) is 14.8. The Morgan fingerprint density at radius 2 is 1.85 bits per heavy atom. The first-order chi connectivity index (χ1) is 9.31. The Bertz CT molecular complexity index is 636. The molecule has 20 heavy (non-hydrogen) atoms. The van der Waals surface area contributed by atoms with E-state index in [1.165, 1.54) is 0 Å². The van der Waals surface area contributed by atoms with Gasteiger partial charge in [-0.2, -0.15) is 0 Å². The zero-order chi connectivity index (χ0) is 14.9. The smallest absolute Gasteiger partial charge is 0.161 e. The molecular weight excluding hydrogens is 318 g/mol. The predicted molar refractivity (Wildman–Crippen MR) is 84.8 cm³/mol. The Labute approximate surface area is 127 Å². The van der Waals surface area contributed by atoms with Crippen LogP contribution in [0.5, 0.6) is 5.75 Å². The molecule has 0 fully saturated rings. The molecule has 1 aromatic heterocycles. The molecule has 106 valence electrons. The topological polar surface area (TPSA) is 61.0 Å². The number of hydrogen-bond donors (Lipinski definition) is 1. The van der Waals surface area contributed by atoms with Gasteiger partial charge in [-0.3, -0.25) is 0 Å². The molecule has 0 radical (unpaired) electrons. The fourth-order valence-electron chi connectivity index (χ4n) is 1.78. The van der Waals surface area contributed by atoms with Gasteiger partial charge >= 0.3 is 0 Å². The lowest BCUT2D eigenvalue weighted by atomic mass is 9.92. The van der Waals surface area contributed by atoms with Gasteiger partial charge in [-0.1, -0.05) is 20.8 Å². The summed E-state index contributed by atoms with van der Waals surface area (Å²) in [6, 6.07) is 7.55. The van der Waals surface area contributed by atoms with Gasteiger partial charge in [0.25, 0.3) is 0 Å². The Hall–Kier alpha value is -1.62. The van der Waals surface area contributed by atoms with Crippen molar-refractivity contribution in [2.75, 3.05) is 12.8 Å². The van der Waals surface area contributed by atoms with Crippen LogP contribution in [-0.2, 0) is 5.41 Å². The van der Waals surface area contributed by atoms with Crippen molar-refractivity contribution in [1.29, 1.82) is 0 Å². The quantitative estimate of drug-likeness (QED) is 0.906. The maximum absolute atomic E-state index is 5.90. The summed E-state index contributed by atoms with van der Waals surface area (Å²) < 4.78 is 6.09. The molecule has 2 aromatic rings. The number of aromatic nitrogens is 2. The number of hydrogen-bond acceptors (Lipinski definition) is 4. The van der Waals surface area contributed by atoms with Gasteiger partial charge in [-0.05, 0) is 34.1 Å². The van der Waals surface area contributed by atoms with E-state index in [-0.39, 0.29) is 5.41 Å². The Morgan fingerprint density at radius 3 is 2.40 bits per heavy atom. The van der Waals surface area contributed by atoms with Gasteiger partial charge in [0.2, 0.25) is 0 Å². The van der Waals surface area contributed by atoms with Gasteiger partial charge in [0.1, 0.15) is 11.6 Å². The minimum atomic E-state index is -0.0739. The molecule has 2 rings (SSSR count). The second-order valence-corrected chi connectivity index (χ2v) is 6.46. The highest BCUT2D eigenvalue weighted by Crippen LogP contribution is 2.30. The number of benzene rings is 1. The molecular formula is C15H18BrN3O. The Kier molecular flexibility index (Phi) is 3.99.